The van der Waals surface area contributed by atoms with E-state index in [0.29, 0.717) is 0 Å². The number of nitriles is 1. The van der Waals surface area contributed by atoms with Crippen molar-refractivity contribution in [1.29, 1.82) is 5.26 Å². The molecule has 3 heteroatoms. The molecular formula is C23H27N3. The van der Waals surface area contributed by atoms with E-state index in [1.165, 1.54) is 49.0 Å². The van der Waals surface area contributed by atoms with Crippen molar-refractivity contribution in [3.05, 3.63) is 59.7 Å². The molecule has 0 amide bonds. The van der Waals surface area contributed by atoms with Crippen LogP contribution in [0.1, 0.15) is 49.1 Å². The Morgan fingerprint density at radius 1 is 0.692 bits per heavy atom. The van der Waals surface area contributed by atoms with Gasteiger partial charge in [0.25, 0.3) is 0 Å². The van der Waals surface area contributed by atoms with Crippen LogP contribution in [0.4, 0.5) is 11.4 Å². The highest BCUT2D eigenvalue weighted by molar-refractivity contribution is 5.53. The van der Waals surface area contributed by atoms with Crippen molar-refractivity contribution in [3.63, 3.8) is 0 Å². The third kappa shape index (κ3) is 3.70. The summed E-state index contributed by atoms with van der Waals surface area (Å²) in [5, 5.41) is 8.93. The Labute approximate surface area is 156 Å². The van der Waals surface area contributed by atoms with E-state index in [0.717, 1.165) is 37.7 Å². The molecule has 1 aliphatic heterocycles. The van der Waals surface area contributed by atoms with Crippen molar-refractivity contribution in [2.75, 3.05) is 36.0 Å². The van der Waals surface area contributed by atoms with Gasteiger partial charge in [-0.3, -0.25) is 0 Å². The first-order valence-electron chi connectivity index (χ1n) is 9.93. The number of hydrogen-bond donors (Lipinski definition) is 0. The Morgan fingerprint density at radius 3 is 1.69 bits per heavy atom. The summed E-state index contributed by atoms with van der Waals surface area (Å²) < 4.78 is 0. The number of nitrogens with zero attached hydrogens (tertiary/aromatic N) is 3. The first-order valence-corrected chi connectivity index (χ1v) is 9.93. The molecule has 0 unspecified atom stereocenters. The second kappa shape index (κ2) is 7.83. The van der Waals surface area contributed by atoms with Gasteiger partial charge in [-0.15, -0.1) is 0 Å². The first-order chi connectivity index (χ1) is 12.8. The lowest BCUT2D eigenvalue weighted by Gasteiger charge is -2.37. The standard InChI is InChI=1S/C23H27N3/c24-18-19-6-10-22(11-7-19)25-14-16-26(17-15-25)23-12-8-21(9-13-23)20-4-2-1-3-5-20/h6-13,20H,1-5,14-17H2. The summed E-state index contributed by atoms with van der Waals surface area (Å²) in [5.74, 6) is 0.783. The Hall–Kier alpha value is -2.47. The lowest BCUT2D eigenvalue weighted by molar-refractivity contribution is 0.443. The lowest BCUT2D eigenvalue weighted by atomic mass is 9.84. The molecule has 4 rings (SSSR count). The third-order valence-corrected chi connectivity index (χ3v) is 5.98. The predicted octanol–water partition coefficient (Wildman–Crippen LogP) is 4.93. The normalized spacial score (nSPS) is 18.6. The van der Waals surface area contributed by atoms with Crippen LogP contribution in [-0.4, -0.2) is 26.2 Å². The molecule has 1 saturated carbocycles. The molecule has 2 aliphatic rings. The van der Waals surface area contributed by atoms with Crippen LogP contribution in [0.5, 0.6) is 0 Å². The Bertz CT molecular complexity index is 744. The van der Waals surface area contributed by atoms with Crippen LogP contribution in [0.15, 0.2) is 48.5 Å². The highest BCUT2D eigenvalue weighted by atomic mass is 15.3. The lowest BCUT2D eigenvalue weighted by Crippen LogP contribution is -2.46. The number of benzene rings is 2. The highest BCUT2D eigenvalue weighted by Gasteiger charge is 2.19. The minimum Gasteiger partial charge on any atom is -0.368 e. The van der Waals surface area contributed by atoms with Gasteiger partial charge >= 0.3 is 0 Å². The Kier molecular flexibility index (Phi) is 5.11. The average Bonchev–Trinajstić information content (AvgIpc) is 2.75. The molecule has 1 aliphatic carbocycles. The maximum atomic E-state index is 8.93. The van der Waals surface area contributed by atoms with E-state index in [1.54, 1.807) is 0 Å². The van der Waals surface area contributed by atoms with Crippen molar-refractivity contribution in [3.8, 4) is 6.07 Å². The van der Waals surface area contributed by atoms with E-state index < -0.39 is 0 Å². The van der Waals surface area contributed by atoms with Gasteiger partial charge in [-0.25, -0.2) is 0 Å². The SMILES string of the molecule is N#Cc1ccc(N2CCN(c3ccc(C4CCCCC4)cc3)CC2)cc1. The fraction of sp³-hybridized carbons (Fsp3) is 0.435. The summed E-state index contributed by atoms with van der Waals surface area (Å²) in [7, 11) is 0. The zero-order valence-corrected chi connectivity index (χ0v) is 15.4. The second-order valence-corrected chi connectivity index (χ2v) is 7.56. The number of piperazine rings is 1. The molecule has 26 heavy (non-hydrogen) atoms. The summed E-state index contributed by atoms with van der Waals surface area (Å²) in [6.07, 6.45) is 6.93. The van der Waals surface area contributed by atoms with E-state index in [2.05, 4.69) is 52.3 Å². The predicted molar refractivity (Wildman–Crippen MR) is 108 cm³/mol. The zero-order chi connectivity index (χ0) is 17.8. The van der Waals surface area contributed by atoms with Crippen molar-refractivity contribution in [2.45, 2.75) is 38.0 Å². The molecule has 3 nitrogen and oxygen atoms in total. The van der Waals surface area contributed by atoms with Crippen LogP contribution in [-0.2, 0) is 0 Å². The van der Waals surface area contributed by atoms with Gasteiger partial charge in [0.1, 0.15) is 0 Å². The van der Waals surface area contributed by atoms with Crippen molar-refractivity contribution >= 4 is 11.4 Å². The maximum Gasteiger partial charge on any atom is 0.0991 e. The molecular weight excluding hydrogens is 318 g/mol. The van der Waals surface area contributed by atoms with Gasteiger partial charge in [-0.2, -0.15) is 5.26 Å². The van der Waals surface area contributed by atoms with Crippen molar-refractivity contribution in [1.82, 2.24) is 0 Å². The average molecular weight is 345 g/mol. The van der Waals surface area contributed by atoms with Gasteiger partial charge in [-0.05, 0) is 60.7 Å². The molecule has 0 N–H and O–H groups in total. The van der Waals surface area contributed by atoms with E-state index in [-0.39, 0.29) is 0 Å². The van der Waals surface area contributed by atoms with Crippen molar-refractivity contribution in [2.24, 2.45) is 0 Å². The zero-order valence-electron chi connectivity index (χ0n) is 15.4. The van der Waals surface area contributed by atoms with Crippen LogP contribution < -0.4 is 9.80 Å². The van der Waals surface area contributed by atoms with Gasteiger partial charge in [0.05, 0.1) is 11.6 Å². The molecule has 1 heterocycles. The molecule has 2 aromatic rings. The monoisotopic (exact) mass is 345 g/mol. The van der Waals surface area contributed by atoms with Gasteiger partial charge in [0.15, 0.2) is 0 Å². The highest BCUT2D eigenvalue weighted by Crippen LogP contribution is 2.33. The van der Waals surface area contributed by atoms with Gasteiger partial charge in [-0.1, -0.05) is 31.4 Å². The molecule has 2 aromatic carbocycles. The Morgan fingerprint density at radius 2 is 1.19 bits per heavy atom. The minimum absolute atomic E-state index is 0.727. The smallest absolute Gasteiger partial charge is 0.0991 e. The second-order valence-electron chi connectivity index (χ2n) is 7.56. The molecule has 134 valence electrons. The number of hydrogen-bond acceptors (Lipinski definition) is 3. The minimum atomic E-state index is 0.727. The quantitative estimate of drug-likeness (QED) is 0.790. The molecule has 2 fully saturated rings. The van der Waals surface area contributed by atoms with Crippen LogP contribution in [0, 0.1) is 11.3 Å². The van der Waals surface area contributed by atoms with E-state index in [1.807, 2.05) is 12.1 Å². The first kappa shape index (κ1) is 17.0. The topological polar surface area (TPSA) is 30.3 Å². The largest absolute Gasteiger partial charge is 0.368 e. The maximum absolute atomic E-state index is 8.93. The summed E-state index contributed by atoms with van der Waals surface area (Å²) >= 11 is 0. The van der Waals surface area contributed by atoms with Gasteiger partial charge in [0, 0.05) is 37.6 Å². The Balaban J connectivity index is 1.36. The molecule has 0 aromatic heterocycles. The van der Waals surface area contributed by atoms with Gasteiger partial charge in [0.2, 0.25) is 0 Å². The van der Waals surface area contributed by atoms with Crippen LogP contribution in [0.3, 0.4) is 0 Å². The number of rotatable bonds is 3. The summed E-state index contributed by atoms with van der Waals surface area (Å²) in [6.45, 7) is 4.14. The molecule has 1 saturated heterocycles. The van der Waals surface area contributed by atoms with Gasteiger partial charge < -0.3 is 9.80 Å². The van der Waals surface area contributed by atoms with Crippen LogP contribution in [0.2, 0.25) is 0 Å². The molecule has 0 bridgehead atoms. The summed E-state index contributed by atoms with van der Waals surface area (Å²) in [4.78, 5) is 4.90. The van der Waals surface area contributed by atoms with Crippen molar-refractivity contribution < 1.29 is 0 Å². The van der Waals surface area contributed by atoms with Crippen LogP contribution >= 0.6 is 0 Å². The van der Waals surface area contributed by atoms with E-state index in [4.69, 9.17) is 5.26 Å². The third-order valence-electron chi connectivity index (χ3n) is 5.98. The summed E-state index contributed by atoms with van der Waals surface area (Å²) in [5.41, 5.74) is 4.83. The molecule has 0 atom stereocenters. The molecule has 0 spiro atoms. The fourth-order valence-electron chi connectivity index (χ4n) is 4.36. The molecule has 0 radical (unpaired) electrons. The van der Waals surface area contributed by atoms with E-state index >= 15 is 0 Å². The number of anilines is 2. The van der Waals surface area contributed by atoms with E-state index in [9.17, 15) is 0 Å². The summed E-state index contributed by atoms with van der Waals surface area (Å²) in [6, 6.07) is 19.5. The fourth-order valence-corrected chi connectivity index (χ4v) is 4.36. The van der Waals surface area contributed by atoms with Crippen LogP contribution in [0.25, 0.3) is 0 Å².